The molecule has 8 heteroatoms. The Balaban J connectivity index is 1.95. The maximum atomic E-state index is 13.0. The van der Waals surface area contributed by atoms with E-state index in [1.165, 1.54) is 0 Å². The Bertz CT molecular complexity index is 653. The second-order valence-corrected chi connectivity index (χ2v) is 7.82. The first-order chi connectivity index (χ1) is 10.4. The highest BCUT2D eigenvalue weighted by Crippen LogP contribution is 2.35. The standard InChI is InChI=1S/C14H21N3O4S/c1-9-13(10(2)21-16-9)22(19,20)17(12-5-6-12)14(18)11-4-3-7-15-8-11/h11-12,15H,3-8H2,1-2H3. The molecule has 0 spiro atoms. The van der Waals surface area contributed by atoms with E-state index in [1.54, 1.807) is 13.8 Å². The number of hydrogen-bond donors (Lipinski definition) is 1. The van der Waals surface area contributed by atoms with Crippen molar-refractivity contribution in [2.45, 2.75) is 50.5 Å². The molecule has 0 aromatic carbocycles. The van der Waals surface area contributed by atoms with Gasteiger partial charge in [0.1, 0.15) is 5.69 Å². The first-order valence-electron chi connectivity index (χ1n) is 7.65. The Morgan fingerprint density at radius 1 is 1.32 bits per heavy atom. The van der Waals surface area contributed by atoms with Crippen LogP contribution in [0.25, 0.3) is 0 Å². The van der Waals surface area contributed by atoms with Crippen molar-refractivity contribution >= 4 is 15.9 Å². The normalized spacial score (nSPS) is 22.5. The summed E-state index contributed by atoms with van der Waals surface area (Å²) in [4.78, 5) is 12.8. The van der Waals surface area contributed by atoms with Gasteiger partial charge in [-0.15, -0.1) is 0 Å². The Labute approximate surface area is 130 Å². The van der Waals surface area contributed by atoms with Crippen LogP contribution in [0.3, 0.4) is 0 Å². The van der Waals surface area contributed by atoms with Gasteiger partial charge < -0.3 is 9.84 Å². The summed E-state index contributed by atoms with van der Waals surface area (Å²) in [5, 5.41) is 6.88. The summed E-state index contributed by atoms with van der Waals surface area (Å²) in [7, 11) is -3.90. The lowest BCUT2D eigenvalue weighted by Crippen LogP contribution is -2.46. The topological polar surface area (TPSA) is 92.5 Å². The van der Waals surface area contributed by atoms with Gasteiger partial charge in [-0.25, -0.2) is 12.7 Å². The molecule has 3 rings (SSSR count). The summed E-state index contributed by atoms with van der Waals surface area (Å²) in [6.07, 6.45) is 3.08. The predicted molar refractivity (Wildman–Crippen MR) is 78.6 cm³/mol. The van der Waals surface area contributed by atoms with Gasteiger partial charge in [0, 0.05) is 12.6 Å². The Hall–Kier alpha value is -1.41. The zero-order chi connectivity index (χ0) is 15.9. The number of aryl methyl sites for hydroxylation is 2. The summed E-state index contributed by atoms with van der Waals surface area (Å²) in [5.74, 6) is -0.336. The van der Waals surface area contributed by atoms with Crippen LogP contribution >= 0.6 is 0 Å². The van der Waals surface area contributed by atoms with Crippen LogP contribution in [-0.4, -0.2) is 42.9 Å². The fourth-order valence-corrected chi connectivity index (χ4v) is 4.98. The summed E-state index contributed by atoms with van der Waals surface area (Å²) in [5.41, 5.74) is 0.303. The molecule has 1 N–H and O–H groups in total. The third-order valence-corrected chi connectivity index (χ3v) is 6.32. The van der Waals surface area contributed by atoms with E-state index in [1.807, 2.05) is 0 Å². The first-order valence-corrected chi connectivity index (χ1v) is 9.09. The Morgan fingerprint density at radius 3 is 2.55 bits per heavy atom. The van der Waals surface area contributed by atoms with E-state index in [2.05, 4.69) is 10.5 Å². The SMILES string of the molecule is Cc1noc(C)c1S(=O)(=O)N(C(=O)C1CCCNC1)C1CC1. The monoisotopic (exact) mass is 327 g/mol. The predicted octanol–water partition coefficient (Wildman–Crippen LogP) is 0.971. The summed E-state index contributed by atoms with van der Waals surface area (Å²) in [6.45, 7) is 4.56. The zero-order valence-electron chi connectivity index (χ0n) is 12.8. The fraction of sp³-hybridized carbons (Fsp3) is 0.714. The molecule has 7 nitrogen and oxygen atoms in total. The average molecular weight is 327 g/mol. The summed E-state index contributed by atoms with van der Waals surface area (Å²) < 4.78 is 32.0. The minimum absolute atomic E-state index is 0.0384. The molecule has 2 aliphatic rings. The van der Waals surface area contributed by atoms with E-state index < -0.39 is 10.0 Å². The quantitative estimate of drug-likeness (QED) is 0.886. The molecule has 2 fully saturated rings. The molecule has 1 aromatic heterocycles. The lowest BCUT2D eigenvalue weighted by atomic mass is 9.99. The van der Waals surface area contributed by atoms with Crippen molar-refractivity contribution in [2.24, 2.45) is 5.92 Å². The van der Waals surface area contributed by atoms with Gasteiger partial charge in [-0.05, 0) is 46.1 Å². The van der Waals surface area contributed by atoms with Crippen LogP contribution in [0.4, 0.5) is 0 Å². The van der Waals surface area contributed by atoms with Gasteiger partial charge in [0.05, 0.1) is 5.92 Å². The number of nitrogens with zero attached hydrogens (tertiary/aromatic N) is 2. The third kappa shape index (κ3) is 2.65. The summed E-state index contributed by atoms with van der Waals surface area (Å²) in [6, 6.07) is -0.215. The third-order valence-electron chi connectivity index (χ3n) is 4.23. The molecule has 1 saturated heterocycles. The largest absolute Gasteiger partial charge is 0.360 e. The van der Waals surface area contributed by atoms with Gasteiger partial charge in [-0.3, -0.25) is 4.79 Å². The van der Waals surface area contributed by atoms with E-state index in [0.29, 0.717) is 12.2 Å². The van der Waals surface area contributed by atoms with Crippen molar-refractivity contribution in [3.8, 4) is 0 Å². The van der Waals surface area contributed by atoms with Crippen LogP contribution in [0, 0.1) is 19.8 Å². The van der Waals surface area contributed by atoms with Crippen LogP contribution in [0.1, 0.15) is 37.1 Å². The van der Waals surface area contributed by atoms with Crippen molar-refractivity contribution in [2.75, 3.05) is 13.1 Å². The van der Waals surface area contributed by atoms with Crippen molar-refractivity contribution in [3.05, 3.63) is 11.5 Å². The van der Waals surface area contributed by atoms with Crippen molar-refractivity contribution in [1.82, 2.24) is 14.8 Å². The highest BCUT2D eigenvalue weighted by atomic mass is 32.2. The van der Waals surface area contributed by atoms with Gasteiger partial charge in [0.15, 0.2) is 10.7 Å². The van der Waals surface area contributed by atoms with Crippen molar-refractivity contribution < 1.29 is 17.7 Å². The van der Waals surface area contributed by atoms with Crippen molar-refractivity contribution in [1.29, 1.82) is 0 Å². The molecule has 1 saturated carbocycles. The number of aromatic nitrogens is 1. The molecule has 122 valence electrons. The number of hydrogen-bond acceptors (Lipinski definition) is 6. The molecule has 2 heterocycles. The molecule has 1 aliphatic heterocycles. The van der Waals surface area contributed by atoms with Gasteiger partial charge >= 0.3 is 0 Å². The number of nitrogens with one attached hydrogen (secondary N) is 1. The van der Waals surface area contributed by atoms with Crippen LogP contribution in [0.15, 0.2) is 9.42 Å². The molecular weight excluding hydrogens is 306 g/mol. The fourth-order valence-electron chi connectivity index (χ4n) is 2.99. The second-order valence-electron chi connectivity index (χ2n) is 6.07. The number of rotatable bonds is 4. The van der Waals surface area contributed by atoms with E-state index in [-0.39, 0.29) is 28.5 Å². The number of piperidine rings is 1. The molecule has 1 unspecified atom stereocenters. The van der Waals surface area contributed by atoms with Crippen molar-refractivity contribution in [3.63, 3.8) is 0 Å². The van der Waals surface area contributed by atoms with Crippen LogP contribution in [0.2, 0.25) is 0 Å². The Morgan fingerprint density at radius 2 is 2.05 bits per heavy atom. The van der Waals surface area contributed by atoms with E-state index in [0.717, 1.165) is 36.5 Å². The minimum atomic E-state index is -3.90. The molecule has 1 aromatic rings. The van der Waals surface area contributed by atoms with Gasteiger partial charge in [-0.2, -0.15) is 0 Å². The lowest BCUT2D eigenvalue weighted by molar-refractivity contribution is -0.131. The van der Waals surface area contributed by atoms with Crippen LogP contribution in [0.5, 0.6) is 0 Å². The van der Waals surface area contributed by atoms with E-state index in [4.69, 9.17) is 4.52 Å². The maximum Gasteiger partial charge on any atom is 0.272 e. The Kier molecular flexibility index (Phi) is 3.98. The van der Waals surface area contributed by atoms with Crippen LogP contribution in [-0.2, 0) is 14.8 Å². The molecule has 0 radical (unpaired) electrons. The minimum Gasteiger partial charge on any atom is -0.360 e. The maximum absolute atomic E-state index is 13.0. The van der Waals surface area contributed by atoms with E-state index >= 15 is 0 Å². The zero-order valence-corrected chi connectivity index (χ0v) is 13.6. The smallest absolute Gasteiger partial charge is 0.272 e. The first kappa shape index (κ1) is 15.5. The van der Waals surface area contributed by atoms with Gasteiger partial charge in [0.25, 0.3) is 10.0 Å². The molecular formula is C14H21N3O4S. The summed E-state index contributed by atoms with van der Waals surface area (Å²) >= 11 is 0. The van der Waals surface area contributed by atoms with Gasteiger partial charge in [-0.1, -0.05) is 5.16 Å². The molecule has 1 aliphatic carbocycles. The number of carbonyl (C=O) groups excluding carboxylic acids is 1. The molecule has 1 atom stereocenters. The molecule has 1 amide bonds. The molecule has 22 heavy (non-hydrogen) atoms. The molecule has 0 bridgehead atoms. The highest BCUT2D eigenvalue weighted by molar-refractivity contribution is 7.89. The van der Waals surface area contributed by atoms with E-state index in [9.17, 15) is 13.2 Å². The number of sulfonamides is 1. The lowest BCUT2D eigenvalue weighted by Gasteiger charge is -2.29. The number of amides is 1. The van der Waals surface area contributed by atoms with Crippen LogP contribution < -0.4 is 5.32 Å². The number of carbonyl (C=O) groups is 1. The highest BCUT2D eigenvalue weighted by Gasteiger charge is 2.45. The van der Waals surface area contributed by atoms with Gasteiger partial charge in [0.2, 0.25) is 5.91 Å². The average Bonchev–Trinajstić information content (AvgIpc) is 3.24. The second kappa shape index (κ2) is 5.66.